The monoisotopic (exact) mass is 244 g/mol. The second-order valence-electron chi connectivity index (χ2n) is 4.14. The van der Waals surface area contributed by atoms with Crippen LogP contribution < -0.4 is 0 Å². The van der Waals surface area contributed by atoms with Crippen molar-refractivity contribution in [2.24, 2.45) is 0 Å². The zero-order valence-corrected chi connectivity index (χ0v) is 10.7. The van der Waals surface area contributed by atoms with Crippen molar-refractivity contribution in [1.82, 2.24) is 0 Å². The third-order valence-electron chi connectivity index (χ3n) is 2.78. The average molecular weight is 244 g/mol. The van der Waals surface area contributed by atoms with Crippen LogP contribution in [0.5, 0.6) is 0 Å². The first-order valence-electron chi connectivity index (χ1n) is 5.76. The highest BCUT2D eigenvalue weighted by molar-refractivity contribution is 7.85. The van der Waals surface area contributed by atoms with Crippen LogP contribution in [0.4, 0.5) is 0 Å². The molecule has 2 heteroatoms. The van der Waals surface area contributed by atoms with Crippen molar-refractivity contribution in [1.29, 1.82) is 0 Å². The molecule has 0 aliphatic carbocycles. The summed E-state index contributed by atoms with van der Waals surface area (Å²) >= 11 is 0. The van der Waals surface area contributed by atoms with Crippen molar-refractivity contribution in [3.63, 3.8) is 0 Å². The Labute approximate surface area is 105 Å². The normalized spacial score (nSPS) is 14.2. The fraction of sp³-hybridized carbons (Fsp3) is 0.200. The molecule has 17 heavy (non-hydrogen) atoms. The molecule has 0 spiro atoms. The standard InChI is InChI=1S/C15H16OS/c1-13(14-8-4-2-5-9-14)12-17(16)15-10-6-3-7-11-15/h2-11,13H,12H2,1H3. The van der Waals surface area contributed by atoms with E-state index < -0.39 is 10.8 Å². The lowest BCUT2D eigenvalue weighted by Gasteiger charge is -2.11. The molecule has 0 heterocycles. The first-order valence-corrected chi connectivity index (χ1v) is 7.07. The molecule has 2 atom stereocenters. The Balaban J connectivity index is 2.05. The van der Waals surface area contributed by atoms with Gasteiger partial charge in [-0.2, -0.15) is 0 Å². The molecule has 0 aliphatic heterocycles. The van der Waals surface area contributed by atoms with Gasteiger partial charge in [0.05, 0.1) is 10.8 Å². The van der Waals surface area contributed by atoms with Crippen LogP contribution in [0.3, 0.4) is 0 Å². The topological polar surface area (TPSA) is 17.1 Å². The molecule has 0 saturated heterocycles. The molecule has 1 nitrogen and oxygen atoms in total. The Hall–Kier alpha value is -1.41. The highest BCUT2D eigenvalue weighted by Crippen LogP contribution is 2.18. The third-order valence-corrected chi connectivity index (χ3v) is 4.38. The van der Waals surface area contributed by atoms with E-state index in [-0.39, 0.29) is 0 Å². The van der Waals surface area contributed by atoms with E-state index in [1.807, 2.05) is 48.5 Å². The third kappa shape index (κ3) is 3.27. The largest absolute Gasteiger partial charge is 0.254 e. The summed E-state index contributed by atoms with van der Waals surface area (Å²) < 4.78 is 12.1. The molecule has 0 fully saturated rings. The summed E-state index contributed by atoms with van der Waals surface area (Å²) in [5.41, 5.74) is 1.25. The van der Waals surface area contributed by atoms with Gasteiger partial charge in [-0.15, -0.1) is 0 Å². The molecular formula is C15H16OS. The summed E-state index contributed by atoms with van der Waals surface area (Å²) in [7, 11) is -0.914. The van der Waals surface area contributed by atoms with E-state index in [0.29, 0.717) is 11.7 Å². The van der Waals surface area contributed by atoms with E-state index in [1.54, 1.807) is 0 Å². The predicted molar refractivity (Wildman–Crippen MR) is 72.6 cm³/mol. The van der Waals surface area contributed by atoms with Gasteiger partial charge in [0, 0.05) is 10.6 Å². The Kier molecular flexibility index (Phi) is 4.10. The molecule has 0 N–H and O–H groups in total. The van der Waals surface area contributed by atoms with Gasteiger partial charge < -0.3 is 0 Å². The van der Waals surface area contributed by atoms with Gasteiger partial charge in [0.1, 0.15) is 0 Å². The van der Waals surface area contributed by atoms with Crippen molar-refractivity contribution in [3.8, 4) is 0 Å². The molecule has 0 saturated carbocycles. The summed E-state index contributed by atoms with van der Waals surface area (Å²) in [6.07, 6.45) is 0. The second kappa shape index (κ2) is 5.78. The zero-order valence-electron chi connectivity index (χ0n) is 9.87. The van der Waals surface area contributed by atoms with Crippen molar-refractivity contribution in [2.45, 2.75) is 17.7 Å². The maximum Gasteiger partial charge on any atom is 0.0535 e. The van der Waals surface area contributed by atoms with E-state index >= 15 is 0 Å². The highest BCUT2D eigenvalue weighted by atomic mass is 32.2. The number of rotatable bonds is 4. The molecule has 2 rings (SSSR count). The summed E-state index contributed by atoms with van der Waals surface area (Å²) in [6, 6.07) is 19.9. The SMILES string of the molecule is CC(CS(=O)c1ccccc1)c1ccccc1. The number of hydrogen-bond donors (Lipinski definition) is 0. The quantitative estimate of drug-likeness (QED) is 0.803. The van der Waals surface area contributed by atoms with Gasteiger partial charge in [-0.3, -0.25) is 4.21 Å². The van der Waals surface area contributed by atoms with Crippen LogP contribution in [-0.2, 0) is 10.8 Å². The molecule has 0 aromatic heterocycles. The van der Waals surface area contributed by atoms with Gasteiger partial charge in [-0.05, 0) is 23.6 Å². The van der Waals surface area contributed by atoms with Crippen molar-refractivity contribution in [2.75, 3.05) is 5.75 Å². The van der Waals surface area contributed by atoms with E-state index in [2.05, 4.69) is 19.1 Å². The molecule has 88 valence electrons. The number of benzene rings is 2. The fourth-order valence-electron chi connectivity index (χ4n) is 1.77. The predicted octanol–water partition coefficient (Wildman–Crippen LogP) is 3.60. The molecular weight excluding hydrogens is 228 g/mol. The maximum atomic E-state index is 12.1. The van der Waals surface area contributed by atoms with Crippen molar-refractivity contribution in [3.05, 3.63) is 66.2 Å². The Morgan fingerprint density at radius 1 is 0.941 bits per heavy atom. The first-order chi connectivity index (χ1) is 8.27. The number of hydrogen-bond acceptors (Lipinski definition) is 1. The summed E-state index contributed by atoms with van der Waals surface area (Å²) in [5, 5.41) is 0. The van der Waals surface area contributed by atoms with E-state index in [9.17, 15) is 4.21 Å². The summed E-state index contributed by atoms with van der Waals surface area (Å²) in [5.74, 6) is 0.992. The lowest BCUT2D eigenvalue weighted by atomic mass is 10.0. The van der Waals surface area contributed by atoms with Gasteiger partial charge in [0.15, 0.2) is 0 Å². The first kappa shape index (κ1) is 12.1. The molecule has 0 aliphatic rings. The van der Waals surface area contributed by atoms with Gasteiger partial charge in [0.2, 0.25) is 0 Å². The summed E-state index contributed by atoms with van der Waals surface area (Å²) in [6.45, 7) is 2.12. The minimum atomic E-state index is -0.914. The highest BCUT2D eigenvalue weighted by Gasteiger charge is 2.10. The average Bonchev–Trinajstić information content (AvgIpc) is 2.40. The molecule has 0 bridgehead atoms. The van der Waals surface area contributed by atoms with Gasteiger partial charge in [-0.25, -0.2) is 0 Å². The lowest BCUT2D eigenvalue weighted by molar-refractivity contribution is 0.677. The smallest absolute Gasteiger partial charge is 0.0535 e. The maximum absolute atomic E-state index is 12.1. The minimum absolute atomic E-state index is 0.317. The summed E-state index contributed by atoms with van der Waals surface area (Å²) in [4.78, 5) is 0.912. The van der Waals surface area contributed by atoms with Crippen molar-refractivity contribution >= 4 is 10.8 Å². The van der Waals surface area contributed by atoms with Crippen LogP contribution in [0.1, 0.15) is 18.4 Å². The molecule has 2 aromatic rings. The Bertz CT molecular complexity index is 479. The Morgan fingerprint density at radius 3 is 2.06 bits per heavy atom. The minimum Gasteiger partial charge on any atom is -0.254 e. The van der Waals surface area contributed by atoms with E-state index in [4.69, 9.17) is 0 Å². The van der Waals surface area contributed by atoms with Crippen LogP contribution in [0.2, 0.25) is 0 Å². The molecule has 0 radical (unpaired) electrons. The van der Waals surface area contributed by atoms with Crippen LogP contribution >= 0.6 is 0 Å². The van der Waals surface area contributed by atoms with Gasteiger partial charge in [0.25, 0.3) is 0 Å². The molecule has 0 amide bonds. The van der Waals surface area contributed by atoms with Crippen LogP contribution in [0.25, 0.3) is 0 Å². The van der Waals surface area contributed by atoms with Crippen LogP contribution in [0, 0.1) is 0 Å². The fourth-order valence-corrected chi connectivity index (χ4v) is 3.07. The molecule has 2 aromatic carbocycles. The molecule has 2 unspecified atom stereocenters. The lowest BCUT2D eigenvalue weighted by Crippen LogP contribution is -2.06. The second-order valence-corrected chi connectivity index (χ2v) is 5.63. The zero-order chi connectivity index (χ0) is 12.1. The van der Waals surface area contributed by atoms with E-state index in [0.717, 1.165) is 4.90 Å². The van der Waals surface area contributed by atoms with Crippen LogP contribution in [0.15, 0.2) is 65.6 Å². The van der Waals surface area contributed by atoms with E-state index in [1.165, 1.54) is 5.56 Å². The van der Waals surface area contributed by atoms with Gasteiger partial charge >= 0.3 is 0 Å². The van der Waals surface area contributed by atoms with Crippen molar-refractivity contribution < 1.29 is 4.21 Å². The van der Waals surface area contributed by atoms with Crippen LogP contribution in [-0.4, -0.2) is 9.96 Å². The van der Waals surface area contributed by atoms with Gasteiger partial charge in [-0.1, -0.05) is 55.5 Å². The Morgan fingerprint density at radius 2 is 1.47 bits per heavy atom.